The monoisotopic (exact) mass is 218 g/mol. The number of rotatable bonds is 1. The molecule has 1 nitrogen and oxygen atoms in total. The largest absolute Gasteiger partial charge is 0.383 e. The Labute approximate surface area is 84.9 Å². The van der Waals surface area contributed by atoms with Crippen molar-refractivity contribution in [1.82, 2.24) is 0 Å². The molecule has 0 unspecified atom stereocenters. The molecule has 0 atom stereocenters. The Morgan fingerprint density at radius 3 is 2.62 bits per heavy atom. The van der Waals surface area contributed by atoms with E-state index in [-0.39, 0.29) is 0 Å². The highest BCUT2D eigenvalue weighted by atomic mass is 35.5. The van der Waals surface area contributed by atoms with Crippen LogP contribution in [0.5, 0.6) is 0 Å². The van der Waals surface area contributed by atoms with Gasteiger partial charge in [0.25, 0.3) is 0 Å². The summed E-state index contributed by atoms with van der Waals surface area (Å²) in [6, 6.07) is 4.39. The Hall–Kier alpha value is -0.250. The molecule has 1 aliphatic heterocycles. The molecule has 0 aromatic heterocycles. The Balaban J connectivity index is 2.40. The smallest absolute Gasteiger partial charge is 0.130 e. The summed E-state index contributed by atoms with van der Waals surface area (Å²) in [5.41, 5.74) is -0.616. The number of thioether (sulfide) groups is 1. The topological polar surface area (TPSA) is 20.2 Å². The highest BCUT2D eigenvalue weighted by Crippen LogP contribution is 2.39. The molecule has 1 fully saturated rings. The molecule has 70 valence electrons. The molecular formula is C9H8ClFOS. The van der Waals surface area contributed by atoms with E-state index in [2.05, 4.69) is 0 Å². The molecule has 1 aromatic carbocycles. The molecule has 2 rings (SSSR count). The van der Waals surface area contributed by atoms with Crippen LogP contribution in [0.2, 0.25) is 5.02 Å². The number of halogens is 2. The molecule has 1 aromatic rings. The lowest BCUT2D eigenvalue weighted by atomic mass is 9.96. The van der Waals surface area contributed by atoms with Crippen LogP contribution >= 0.6 is 23.4 Å². The molecule has 1 heterocycles. The van der Waals surface area contributed by atoms with E-state index in [9.17, 15) is 9.50 Å². The Kier molecular flexibility index (Phi) is 2.26. The average molecular weight is 219 g/mol. The van der Waals surface area contributed by atoms with Gasteiger partial charge in [-0.25, -0.2) is 4.39 Å². The number of aliphatic hydroxyl groups is 1. The van der Waals surface area contributed by atoms with Crippen molar-refractivity contribution >= 4 is 23.4 Å². The maximum absolute atomic E-state index is 13.3. The molecule has 0 aliphatic carbocycles. The number of hydrogen-bond donors (Lipinski definition) is 1. The Bertz CT molecular complexity index is 338. The van der Waals surface area contributed by atoms with Gasteiger partial charge in [-0.3, -0.25) is 0 Å². The van der Waals surface area contributed by atoms with Crippen molar-refractivity contribution in [2.24, 2.45) is 0 Å². The summed E-state index contributed by atoms with van der Waals surface area (Å²) < 4.78 is 13.3. The van der Waals surface area contributed by atoms with E-state index in [0.29, 0.717) is 22.1 Å². The quantitative estimate of drug-likeness (QED) is 0.781. The van der Waals surface area contributed by atoms with Crippen molar-refractivity contribution in [3.8, 4) is 0 Å². The normalized spacial score (nSPS) is 19.6. The lowest BCUT2D eigenvalue weighted by Gasteiger charge is -2.36. The first-order chi connectivity index (χ1) is 6.12. The summed E-state index contributed by atoms with van der Waals surface area (Å²) in [4.78, 5) is 0. The van der Waals surface area contributed by atoms with Crippen LogP contribution in [0.4, 0.5) is 4.39 Å². The van der Waals surface area contributed by atoms with Crippen LogP contribution < -0.4 is 0 Å². The zero-order valence-electron chi connectivity index (χ0n) is 6.76. The van der Waals surface area contributed by atoms with Crippen LogP contribution in [-0.2, 0) is 5.60 Å². The van der Waals surface area contributed by atoms with E-state index >= 15 is 0 Å². The lowest BCUT2D eigenvalue weighted by molar-refractivity contribution is 0.0728. The van der Waals surface area contributed by atoms with Crippen molar-refractivity contribution in [3.05, 3.63) is 34.6 Å². The van der Waals surface area contributed by atoms with Gasteiger partial charge in [0, 0.05) is 22.1 Å². The maximum atomic E-state index is 13.3. The number of benzene rings is 1. The SMILES string of the molecule is OC1(c2ccc(Cl)cc2F)CSC1. The van der Waals surface area contributed by atoms with Crippen LogP contribution in [0, 0.1) is 5.82 Å². The Morgan fingerprint density at radius 2 is 2.15 bits per heavy atom. The minimum atomic E-state index is -0.973. The van der Waals surface area contributed by atoms with Crippen molar-refractivity contribution in [1.29, 1.82) is 0 Å². The second-order valence-electron chi connectivity index (χ2n) is 3.15. The van der Waals surface area contributed by atoms with Gasteiger partial charge in [0.1, 0.15) is 11.4 Å². The van der Waals surface area contributed by atoms with Crippen molar-refractivity contribution in [3.63, 3.8) is 0 Å². The molecule has 0 spiro atoms. The van der Waals surface area contributed by atoms with E-state index in [4.69, 9.17) is 11.6 Å². The van der Waals surface area contributed by atoms with Gasteiger partial charge in [-0.1, -0.05) is 17.7 Å². The molecule has 13 heavy (non-hydrogen) atoms. The third-order valence-electron chi connectivity index (χ3n) is 2.11. The molecule has 0 bridgehead atoms. The summed E-state index contributed by atoms with van der Waals surface area (Å²) in [5, 5.41) is 10.2. The molecule has 0 radical (unpaired) electrons. The number of hydrogen-bond acceptors (Lipinski definition) is 2. The van der Waals surface area contributed by atoms with Gasteiger partial charge in [0.05, 0.1) is 0 Å². The van der Waals surface area contributed by atoms with Crippen LogP contribution in [0.15, 0.2) is 18.2 Å². The van der Waals surface area contributed by atoms with Crippen LogP contribution in [0.3, 0.4) is 0 Å². The zero-order valence-corrected chi connectivity index (χ0v) is 8.33. The minimum absolute atomic E-state index is 0.357. The van der Waals surface area contributed by atoms with E-state index in [1.807, 2.05) is 0 Å². The first-order valence-electron chi connectivity index (χ1n) is 3.87. The highest BCUT2D eigenvalue weighted by molar-refractivity contribution is 8.00. The lowest BCUT2D eigenvalue weighted by Crippen LogP contribution is -2.40. The molecule has 1 saturated heterocycles. The predicted octanol–water partition coefficient (Wildman–Crippen LogP) is 2.41. The third-order valence-corrected chi connectivity index (χ3v) is 3.71. The third kappa shape index (κ3) is 1.56. The highest BCUT2D eigenvalue weighted by Gasteiger charge is 2.39. The van der Waals surface area contributed by atoms with Gasteiger partial charge in [0.15, 0.2) is 0 Å². The maximum Gasteiger partial charge on any atom is 0.130 e. The van der Waals surface area contributed by atoms with Gasteiger partial charge in [0.2, 0.25) is 0 Å². The summed E-state index contributed by atoms with van der Waals surface area (Å²) >= 11 is 7.20. The fraction of sp³-hybridized carbons (Fsp3) is 0.333. The summed E-state index contributed by atoms with van der Waals surface area (Å²) in [6.45, 7) is 0. The molecular weight excluding hydrogens is 211 g/mol. The van der Waals surface area contributed by atoms with Crippen molar-refractivity contribution < 1.29 is 9.50 Å². The predicted molar refractivity (Wildman–Crippen MR) is 52.6 cm³/mol. The Morgan fingerprint density at radius 1 is 1.46 bits per heavy atom. The standard InChI is InChI=1S/C9H8ClFOS/c10-6-1-2-7(8(11)3-6)9(12)4-13-5-9/h1-3,12H,4-5H2. The summed E-state index contributed by atoms with van der Waals surface area (Å²) in [7, 11) is 0. The molecule has 0 saturated carbocycles. The first-order valence-corrected chi connectivity index (χ1v) is 5.41. The van der Waals surface area contributed by atoms with E-state index < -0.39 is 11.4 Å². The van der Waals surface area contributed by atoms with Gasteiger partial charge >= 0.3 is 0 Å². The van der Waals surface area contributed by atoms with Crippen molar-refractivity contribution in [2.75, 3.05) is 11.5 Å². The van der Waals surface area contributed by atoms with E-state index in [1.54, 1.807) is 23.9 Å². The van der Waals surface area contributed by atoms with Crippen molar-refractivity contribution in [2.45, 2.75) is 5.60 Å². The second kappa shape index (κ2) is 3.15. The average Bonchev–Trinajstić information content (AvgIpc) is 2.00. The molecule has 4 heteroatoms. The van der Waals surface area contributed by atoms with Crippen LogP contribution in [0.25, 0.3) is 0 Å². The minimum Gasteiger partial charge on any atom is -0.383 e. The zero-order chi connectivity index (χ0) is 9.47. The van der Waals surface area contributed by atoms with Gasteiger partial charge in [-0.2, -0.15) is 11.8 Å². The summed E-state index contributed by atoms with van der Waals surface area (Å²) in [6.07, 6.45) is 0. The second-order valence-corrected chi connectivity index (χ2v) is 4.57. The molecule has 1 N–H and O–H groups in total. The van der Waals surface area contributed by atoms with E-state index in [1.165, 1.54) is 6.07 Å². The fourth-order valence-corrected chi connectivity index (χ4v) is 2.38. The summed E-state index contributed by atoms with van der Waals surface area (Å²) in [5.74, 6) is 0.701. The molecule has 0 amide bonds. The van der Waals surface area contributed by atoms with Gasteiger partial charge in [-0.15, -0.1) is 0 Å². The van der Waals surface area contributed by atoms with Gasteiger partial charge in [-0.05, 0) is 12.1 Å². The first kappa shape index (κ1) is 9.31. The fourth-order valence-electron chi connectivity index (χ4n) is 1.32. The van der Waals surface area contributed by atoms with Crippen LogP contribution in [0.1, 0.15) is 5.56 Å². The molecule has 1 aliphatic rings. The van der Waals surface area contributed by atoms with Crippen LogP contribution in [-0.4, -0.2) is 16.6 Å². The van der Waals surface area contributed by atoms with Gasteiger partial charge < -0.3 is 5.11 Å². The van der Waals surface area contributed by atoms with E-state index in [0.717, 1.165) is 0 Å².